The van der Waals surface area contributed by atoms with Crippen molar-refractivity contribution in [3.63, 3.8) is 0 Å². The SMILES string of the molecule is COc1ccc(/C(O)=C2/C(=O)C(=O)N(CC[NH+](C)C)[C@@H]2c2cccc(OC)c2OC)cc1Cl. The molecule has 0 spiro atoms. The fraction of sp³-hybridized carbons (Fsp3) is 0.333. The van der Waals surface area contributed by atoms with Crippen molar-refractivity contribution in [1.82, 2.24) is 4.90 Å². The first-order valence-corrected chi connectivity index (χ1v) is 10.7. The zero-order valence-corrected chi connectivity index (χ0v) is 20.0. The number of likely N-dealkylation sites (tertiary alicyclic amines) is 1. The molecule has 2 N–H and O–H groups in total. The number of nitrogens with zero attached hydrogens (tertiary/aromatic N) is 1. The Morgan fingerprint density at radius 2 is 1.76 bits per heavy atom. The van der Waals surface area contributed by atoms with Crippen molar-refractivity contribution in [2.45, 2.75) is 6.04 Å². The third kappa shape index (κ3) is 4.62. The zero-order valence-electron chi connectivity index (χ0n) is 19.3. The minimum Gasteiger partial charge on any atom is -0.507 e. The average Bonchev–Trinajstić information content (AvgIpc) is 3.06. The summed E-state index contributed by atoms with van der Waals surface area (Å²) in [4.78, 5) is 28.8. The summed E-state index contributed by atoms with van der Waals surface area (Å²) < 4.78 is 16.2. The standard InChI is InChI=1S/C24H27ClN2O6/c1-26(2)11-12-27-20(15-7-6-8-18(32-4)23(15)33-5)19(22(29)24(27)30)21(28)14-9-10-17(31-3)16(25)13-14/h6-10,13,20,28H,11-12H2,1-5H3/p+1/b21-19-/t20-/m1/s1. The number of nitrogens with one attached hydrogen (secondary N) is 1. The lowest BCUT2D eigenvalue weighted by Gasteiger charge is -2.27. The van der Waals surface area contributed by atoms with E-state index in [1.807, 2.05) is 14.1 Å². The van der Waals surface area contributed by atoms with Gasteiger partial charge in [-0.2, -0.15) is 0 Å². The van der Waals surface area contributed by atoms with Crippen LogP contribution in [0.4, 0.5) is 0 Å². The van der Waals surface area contributed by atoms with E-state index in [4.69, 9.17) is 25.8 Å². The van der Waals surface area contributed by atoms with Crippen LogP contribution in [0.2, 0.25) is 5.02 Å². The Morgan fingerprint density at radius 1 is 1.06 bits per heavy atom. The van der Waals surface area contributed by atoms with Crippen molar-refractivity contribution in [3.05, 3.63) is 58.1 Å². The number of aliphatic hydroxyl groups excluding tert-OH is 1. The molecule has 0 aromatic heterocycles. The number of hydrogen-bond acceptors (Lipinski definition) is 6. The third-order valence-electron chi connectivity index (χ3n) is 5.55. The van der Waals surface area contributed by atoms with Gasteiger partial charge in [-0.3, -0.25) is 9.59 Å². The molecule has 8 nitrogen and oxygen atoms in total. The number of methoxy groups -OCH3 is 3. The Bertz CT molecular complexity index is 1100. The molecule has 0 aliphatic carbocycles. The lowest BCUT2D eigenvalue weighted by Crippen LogP contribution is -3.06. The van der Waals surface area contributed by atoms with Crippen LogP contribution < -0.4 is 19.1 Å². The van der Waals surface area contributed by atoms with Gasteiger partial charge in [-0.05, 0) is 24.3 Å². The molecular formula is C24H28ClN2O6+. The molecule has 1 atom stereocenters. The quantitative estimate of drug-likeness (QED) is 0.344. The molecule has 1 fully saturated rings. The molecule has 33 heavy (non-hydrogen) atoms. The Hall–Kier alpha value is -3.23. The normalized spacial score (nSPS) is 17.5. The Kier molecular flexibility index (Phi) is 7.50. The molecule has 176 valence electrons. The Morgan fingerprint density at radius 3 is 2.33 bits per heavy atom. The van der Waals surface area contributed by atoms with Gasteiger partial charge in [0.2, 0.25) is 0 Å². The van der Waals surface area contributed by atoms with E-state index in [1.54, 1.807) is 30.3 Å². The maximum absolute atomic E-state index is 13.2. The van der Waals surface area contributed by atoms with Gasteiger partial charge in [-0.1, -0.05) is 23.7 Å². The summed E-state index contributed by atoms with van der Waals surface area (Å²) in [5.74, 6) is -0.532. The van der Waals surface area contributed by atoms with Crippen LogP contribution in [-0.2, 0) is 9.59 Å². The molecule has 1 aliphatic heterocycles. The minimum atomic E-state index is -0.865. The molecule has 3 rings (SSSR count). The molecular weight excluding hydrogens is 448 g/mol. The fourth-order valence-electron chi connectivity index (χ4n) is 3.87. The second-order valence-corrected chi connectivity index (χ2v) is 8.29. The molecule has 1 heterocycles. The number of carbonyl (C=O) groups is 2. The minimum absolute atomic E-state index is 0.0402. The van der Waals surface area contributed by atoms with Gasteiger partial charge < -0.3 is 29.1 Å². The first-order chi connectivity index (χ1) is 15.7. The second-order valence-electron chi connectivity index (χ2n) is 7.88. The van der Waals surface area contributed by atoms with Crippen molar-refractivity contribution >= 4 is 29.1 Å². The predicted octanol–water partition coefficient (Wildman–Crippen LogP) is 1.93. The lowest BCUT2D eigenvalue weighted by molar-refractivity contribution is -0.857. The highest BCUT2D eigenvalue weighted by Gasteiger charge is 2.47. The second kappa shape index (κ2) is 10.1. The Labute approximate surface area is 197 Å². The molecule has 9 heteroatoms. The largest absolute Gasteiger partial charge is 0.507 e. The number of rotatable bonds is 8. The summed E-state index contributed by atoms with van der Waals surface area (Å²) >= 11 is 6.24. The summed E-state index contributed by atoms with van der Waals surface area (Å²) in [7, 11) is 8.39. The van der Waals surface area contributed by atoms with Gasteiger partial charge >= 0.3 is 0 Å². The van der Waals surface area contributed by atoms with Crippen LogP contribution >= 0.6 is 11.6 Å². The molecule has 1 aliphatic rings. The van der Waals surface area contributed by atoms with Gasteiger partial charge in [-0.25, -0.2) is 0 Å². The van der Waals surface area contributed by atoms with Gasteiger partial charge in [0.05, 0.1) is 65.2 Å². The van der Waals surface area contributed by atoms with Crippen LogP contribution in [-0.4, -0.2) is 70.2 Å². The summed E-state index contributed by atoms with van der Waals surface area (Å²) in [6.45, 7) is 0.905. The average molecular weight is 476 g/mol. The number of Topliss-reactive ketones (excluding diaryl/α,β-unsaturated/α-hetero) is 1. The number of benzene rings is 2. The topological polar surface area (TPSA) is 89.7 Å². The fourth-order valence-corrected chi connectivity index (χ4v) is 4.13. The monoisotopic (exact) mass is 475 g/mol. The van der Waals surface area contributed by atoms with Crippen molar-refractivity contribution in [3.8, 4) is 17.2 Å². The molecule has 2 aromatic carbocycles. The van der Waals surface area contributed by atoms with Gasteiger partial charge in [0.25, 0.3) is 11.7 Å². The maximum atomic E-state index is 13.2. The van der Waals surface area contributed by atoms with Gasteiger partial charge in [0, 0.05) is 11.1 Å². The molecule has 0 unspecified atom stereocenters. The van der Waals surface area contributed by atoms with E-state index in [2.05, 4.69) is 0 Å². The predicted molar refractivity (Wildman–Crippen MR) is 124 cm³/mol. The number of para-hydroxylation sites is 1. The lowest BCUT2D eigenvalue weighted by atomic mass is 9.94. The van der Waals surface area contributed by atoms with E-state index in [-0.39, 0.29) is 16.4 Å². The van der Waals surface area contributed by atoms with E-state index in [0.717, 1.165) is 4.90 Å². The number of hydrogen-bond donors (Lipinski definition) is 2. The highest BCUT2D eigenvalue weighted by Crippen LogP contribution is 2.45. The van der Waals surface area contributed by atoms with Crippen molar-refractivity contribution in [1.29, 1.82) is 0 Å². The van der Waals surface area contributed by atoms with E-state index < -0.39 is 17.7 Å². The van der Waals surface area contributed by atoms with Crippen molar-refractivity contribution in [2.75, 3.05) is 48.5 Å². The van der Waals surface area contributed by atoms with Crippen molar-refractivity contribution < 1.29 is 33.8 Å². The van der Waals surface area contributed by atoms with Crippen LogP contribution in [0.25, 0.3) is 5.76 Å². The number of ketones is 1. The zero-order chi connectivity index (χ0) is 24.3. The van der Waals surface area contributed by atoms with Gasteiger partial charge in [0.1, 0.15) is 11.5 Å². The number of quaternary nitrogens is 1. The van der Waals surface area contributed by atoms with Crippen LogP contribution in [0.3, 0.4) is 0 Å². The van der Waals surface area contributed by atoms with Crippen molar-refractivity contribution in [2.24, 2.45) is 0 Å². The number of likely N-dealkylation sites (N-methyl/N-ethyl adjacent to an activating group) is 1. The first-order valence-electron chi connectivity index (χ1n) is 10.4. The summed E-state index contributed by atoms with van der Waals surface area (Å²) in [5, 5.41) is 11.5. The van der Waals surface area contributed by atoms with E-state index >= 15 is 0 Å². The third-order valence-corrected chi connectivity index (χ3v) is 5.84. The van der Waals surface area contributed by atoms with Crippen LogP contribution in [0.1, 0.15) is 17.2 Å². The number of amides is 1. The van der Waals surface area contributed by atoms with Crippen LogP contribution in [0.5, 0.6) is 17.2 Å². The summed E-state index contributed by atoms with van der Waals surface area (Å²) in [5.41, 5.74) is 0.788. The smallest absolute Gasteiger partial charge is 0.295 e. The van der Waals surface area contributed by atoms with Crippen LogP contribution in [0.15, 0.2) is 42.0 Å². The molecule has 1 amide bonds. The molecule has 0 saturated carbocycles. The highest BCUT2D eigenvalue weighted by molar-refractivity contribution is 6.46. The number of ether oxygens (including phenoxy) is 3. The molecule has 0 radical (unpaired) electrons. The summed E-state index contributed by atoms with van der Waals surface area (Å²) in [6.07, 6.45) is 0. The first kappa shape index (κ1) is 24.4. The highest BCUT2D eigenvalue weighted by atomic mass is 35.5. The van der Waals surface area contributed by atoms with Gasteiger partial charge in [-0.15, -0.1) is 0 Å². The number of carbonyl (C=O) groups excluding carboxylic acids is 2. The molecule has 1 saturated heterocycles. The summed E-state index contributed by atoms with van der Waals surface area (Å²) in [6, 6.07) is 9.02. The van der Waals surface area contributed by atoms with E-state index in [9.17, 15) is 14.7 Å². The Balaban J connectivity index is 2.25. The number of aliphatic hydroxyl groups is 1. The van der Waals surface area contributed by atoms with E-state index in [0.29, 0.717) is 41.5 Å². The maximum Gasteiger partial charge on any atom is 0.295 e. The number of halogens is 1. The van der Waals surface area contributed by atoms with Gasteiger partial charge in [0.15, 0.2) is 11.5 Å². The van der Waals surface area contributed by atoms with Crippen LogP contribution in [0, 0.1) is 0 Å². The molecule has 0 bridgehead atoms. The van der Waals surface area contributed by atoms with E-state index in [1.165, 1.54) is 32.3 Å². The molecule has 2 aromatic rings.